The van der Waals surface area contributed by atoms with E-state index >= 15 is 0 Å². The zero-order valence-electron chi connectivity index (χ0n) is 15.6. The molecule has 0 spiro atoms. The normalized spacial score (nSPS) is 22.0. The number of hydrogen-bond acceptors (Lipinski definition) is 7. The lowest BCUT2D eigenvalue weighted by atomic mass is 10.1. The topological polar surface area (TPSA) is 85.7 Å². The molecule has 9 heteroatoms. The van der Waals surface area contributed by atoms with Gasteiger partial charge in [-0.2, -0.15) is 5.11 Å². The number of nitrogens with zero attached hydrogens (tertiary/aromatic N) is 5. The summed E-state index contributed by atoms with van der Waals surface area (Å²) in [7, 11) is 0. The van der Waals surface area contributed by atoms with E-state index in [0.29, 0.717) is 0 Å². The lowest BCUT2D eigenvalue weighted by Gasteiger charge is -2.32. The van der Waals surface area contributed by atoms with Crippen molar-refractivity contribution in [3.8, 4) is 0 Å². The van der Waals surface area contributed by atoms with Crippen LogP contribution in [0.15, 0.2) is 68.7 Å². The van der Waals surface area contributed by atoms with E-state index in [1.807, 2.05) is 48.5 Å². The van der Waals surface area contributed by atoms with E-state index in [9.17, 15) is 14.4 Å². The first-order valence-electron chi connectivity index (χ1n) is 9.31. The van der Waals surface area contributed by atoms with E-state index < -0.39 is 12.1 Å². The van der Waals surface area contributed by atoms with Crippen LogP contribution in [0.2, 0.25) is 0 Å². The van der Waals surface area contributed by atoms with Gasteiger partial charge in [0, 0.05) is 16.3 Å². The molecule has 1 fully saturated rings. The number of likely N-dealkylation sites (tertiary alicyclic amines) is 1. The van der Waals surface area contributed by atoms with Gasteiger partial charge >= 0.3 is 0 Å². The monoisotopic (exact) mass is 407 g/mol. The Morgan fingerprint density at radius 1 is 1.00 bits per heavy atom. The molecule has 3 aliphatic heterocycles. The van der Waals surface area contributed by atoms with E-state index in [4.69, 9.17) is 0 Å². The minimum Gasteiger partial charge on any atom is -0.279 e. The first-order valence-corrected chi connectivity index (χ1v) is 10.1. The molecule has 5 rings (SSSR count). The number of likely N-dealkylation sites (N-methyl/N-ethyl adjacent to an activating group) is 1. The summed E-state index contributed by atoms with van der Waals surface area (Å²) in [4.78, 5) is 43.1. The Morgan fingerprint density at radius 2 is 1.62 bits per heavy atom. The van der Waals surface area contributed by atoms with Crippen molar-refractivity contribution in [1.82, 2.24) is 9.91 Å². The number of imide groups is 1. The number of hydrogen-bond donors (Lipinski definition) is 0. The molecule has 3 aliphatic rings. The van der Waals surface area contributed by atoms with Crippen molar-refractivity contribution in [3.63, 3.8) is 0 Å². The third-order valence-corrected chi connectivity index (χ3v) is 6.37. The molecule has 0 aromatic heterocycles. The van der Waals surface area contributed by atoms with Crippen LogP contribution < -0.4 is 4.90 Å². The summed E-state index contributed by atoms with van der Waals surface area (Å²) < 4.78 is 0. The third kappa shape index (κ3) is 2.65. The van der Waals surface area contributed by atoms with Gasteiger partial charge in [-0.25, -0.2) is 0 Å². The second-order valence-corrected chi connectivity index (χ2v) is 7.96. The first-order chi connectivity index (χ1) is 14.1. The fraction of sp³-hybridized carbons (Fsp3) is 0.250. The highest BCUT2D eigenvalue weighted by molar-refractivity contribution is 7.99. The van der Waals surface area contributed by atoms with Gasteiger partial charge in [-0.1, -0.05) is 41.3 Å². The molecule has 2 atom stereocenters. The van der Waals surface area contributed by atoms with Gasteiger partial charge in [0.05, 0.1) is 11.4 Å². The second-order valence-electron chi connectivity index (χ2n) is 6.88. The quantitative estimate of drug-likeness (QED) is 0.730. The zero-order chi connectivity index (χ0) is 20.1. The van der Waals surface area contributed by atoms with E-state index in [0.717, 1.165) is 21.2 Å². The standard InChI is InChI=1S/C20H17N5O3S/c1-2-23-19(27)17-18(20(23)28)24(22-21-17)11-16(26)25-12-7-3-5-9-14(12)29-15-10-6-4-8-13(15)25/h3-10,17-18H,2,11H2,1H3. The Morgan fingerprint density at radius 3 is 2.24 bits per heavy atom. The van der Waals surface area contributed by atoms with E-state index in [1.54, 1.807) is 23.6 Å². The number of carbonyl (C=O) groups is 3. The minimum absolute atomic E-state index is 0.144. The Balaban J connectivity index is 1.46. The minimum atomic E-state index is -0.855. The summed E-state index contributed by atoms with van der Waals surface area (Å²) in [6.07, 6.45) is 0. The summed E-state index contributed by atoms with van der Waals surface area (Å²) in [5.74, 6) is -0.943. The maximum atomic E-state index is 13.4. The highest BCUT2D eigenvalue weighted by Gasteiger charge is 2.54. The number of para-hydroxylation sites is 2. The van der Waals surface area contributed by atoms with Crippen LogP contribution in [0, 0.1) is 0 Å². The Bertz CT molecular complexity index is 1030. The molecule has 0 radical (unpaired) electrons. The summed E-state index contributed by atoms with van der Waals surface area (Å²) in [6.45, 7) is 1.88. The number of benzene rings is 2. The van der Waals surface area contributed by atoms with Crippen molar-refractivity contribution in [2.75, 3.05) is 18.0 Å². The lowest BCUT2D eigenvalue weighted by Crippen LogP contribution is -2.45. The van der Waals surface area contributed by atoms with Gasteiger partial charge in [0.2, 0.25) is 0 Å². The molecule has 0 aliphatic carbocycles. The lowest BCUT2D eigenvalue weighted by molar-refractivity contribution is -0.140. The van der Waals surface area contributed by atoms with Crippen LogP contribution in [0.5, 0.6) is 0 Å². The van der Waals surface area contributed by atoms with Crippen molar-refractivity contribution < 1.29 is 14.4 Å². The van der Waals surface area contributed by atoms with Crippen LogP contribution in [0.4, 0.5) is 11.4 Å². The van der Waals surface area contributed by atoms with Gasteiger partial charge in [0.25, 0.3) is 17.7 Å². The number of fused-ring (bicyclic) bond motifs is 3. The molecule has 2 unspecified atom stereocenters. The van der Waals surface area contributed by atoms with Crippen molar-refractivity contribution in [2.45, 2.75) is 28.8 Å². The molecule has 8 nitrogen and oxygen atoms in total. The number of carbonyl (C=O) groups excluding carboxylic acids is 3. The molecule has 0 saturated carbocycles. The average molecular weight is 407 g/mol. The highest BCUT2D eigenvalue weighted by atomic mass is 32.2. The van der Waals surface area contributed by atoms with E-state index in [2.05, 4.69) is 10.3 Å². The highest BCUT2D eigenvalue weighted by Crippen LogP contribution is 2.48. The summed E-state index contributed by atoms with van der Waals surface area (Å²) in [6, 6.07) is 13.7. The number of anilines is 2. The van der Waals surface area contributed by atoms with Gasteiger partial charge in [0.1, 0.15) is 6.54 Å². The molecule has 1 saturated heterocycles. The summed E-state index contributed by atoms with van der Waals surface area (Å²) in [5.41, 5.74) is 1.58. The zero-order valence-corrected chi connectivity index (χ0v) is 16.4. The van der Waals surface area contributed by atoms with Crippen molar-refractivity contribution >= 4 is 40.9 Å². The molecule has 0 N–H and O–H groups in total. The van der Waals surface area contributed by atoms with Crippen molar-refractivity contribution in [2.24, 2.45) is 10.3 Å². The van der Waals surface area contributed by atoms with Crippen LogP contribution in [0.1, 0.15) is 6.92 Å². The molecular weight excluding hydrogens is 390 g/mol. The molecule has 0 bridgehead atoms. The predicted molar refractivity (Wildman–Crippen MR) is 106 cm³/mol. The van der Waals surface area contributed by atoms with Gasteiger partial charge in [-0.3, -0.25) is 29.2 Å². The molecule has 3 amide bonds. The predicted octanol–water partition coefficient (Wildman–Crippen LogP) is 2.62. The van der Waals surface area contributed by atoms with Gasteiger partial charge in [-0.05, 0) is 31.2 Å². The Labute approximate surface area is 171 Å². The van der Waals surface area contributed by atoms with Gasteiger partial charge < -0.3 is 0 Å². The van der Waals surface area contributed by atoms with Crippen LogP contribution in [0.3, 0.4) is 0 Å². The second kappa shape index (κ2) is 6.70. The number of rotatable bonds is 3. The average Bonchev–Trinajstić information content (AvgIpc) is 3.25. The van der Waals surface area contributed by atoms with Crippen molar-refractivity contribution in [1.29, 1.82) is 0 Å². The van der Waals surface area contributed by atoms with Crippen LogP contribution in [0.25, 0.3) is 0 Å². The molecular formula is C20H17N5O3S. The van der Waals surface area contributed by atoms with Gasteiger partial charge in [-0.15, -0.1) is 0 Å². The molecule has 146 valence electrons. The maximum Gasteiger partial charge on any atom is 0.258 e. The fourth-order valence-corrected chi connectivity index (χ4v) is 4.96. The van der Waals surface area contributed by atoms with Crippen LogP contribution in [-0.2, 0) is 14.4 Å². The third-order valence-electron chi connectivity index (χ3n) is 5.24. The molecule has 29 heavy (non-hydrogen) atoms. The van der Waals surface area contributed by atoms with Crippen LogP contribution >= 0.6 is 11.8 Å². The number of amides is 3. The molecule has 2 aromatic rings. The SMILES string of the molecule is CCN1C(=O)C2N=NN(CC(=O)N3c4ccccc4Sc4ccccc43)C2C1=O. The summed E-state index contributed by atoms with van der Waals surface area (Å²) in [5, 5.41) is 9.28. The van der Waals surface area contributed by atoms with Gasteiger partial charge in [0.15, 0.2) is 12.1 Å². The molecule has 3 heterocycles. The molecule has 2 aromatic carbocycles. The van der Waals surface area contributed by atoms with Crippen LogP contribution in [-0.4, -0.2) is 52.8 Å². The Kier molecular flexibility index (Phi) is 4.13. The largest absolute Gasteiger partial charge is 0.279 e. The fourth-order valence-electron chi connectivity index (χ4n) is 3.90. The first kappa shape index (κ1) is 17.9. The van der Waals surface area contributed by atoms with Crippen molar-refractivity contribution in [3.05, 3.63) is 48.5 Å². The smallest absolute Gasteiger partial charge is 0.258 e. The van der Waals surface area contributed by atoms with E-state index in [1.165, 1.54) is 9.91 Å². The summed E-state index contributed by atoms with van der Waals surface area (Å²) >= 11 is 1.61. The van der Waals surface area contributed by atoms with E-state index in [-0.39, 0.29) is 30.8 Å². The maximum absolute atomic E-state index is 13.4. The Hall–Kier alpha value is -3.20.